The monoisotopic (exact) mass is 182 g/mol. The van der Waals surface area contributed by atoms with Crippen molar-refractivity contribution in [1.29, 1.82) is 0 Å². The Morgan fingerprint density at radius 2 is 2.23 bits per heavy atom. The van der Waals surface area contributed by atoms with E-state index >= 15 is 0 Å². The lowest BCUT2D eigenvalue weighted by molar-refractivity contribution is 0.152. The lowest BCUT2D eigenvalue weighted by Gasteiger charge is -2.22. The second kappa shape index (κ2) is 3.92. The predicted octanol–water partition coefficient (Wildman–Crippen LogP) is 1.56. The molecule has 0 atom stereocenters. The molecular formula is C10H18N2O. The van der Waals surface area contributed by atoms with Crippen LogP contribution in [0.2, 0.25) is 0 Å². The van der Waals surface area contributed by atoms with Gasteiger partial charge in [-0.15, -0.1) is 0 Å². The molecular weight excluding hydrogens is 164 g/mol. The van der Waals surface area contributed by atoms with Crippen molar-refractivity contribution < 1.29 is 5.11 Å². The van der Waals surface area contributed by atoms with E-state index in [9.17, 15) is 0 Å². The predicted molar refractivity (Wildman–Crippen MR) is 52.6 cm³/mol. The number of hydrogen-bond acceptors (Lipinski definition) is 2. The van der Waals surface area contributed by atoms with Gasteiger partial charge < -0.3 is 5.11 Å². The molecule has 0 aliphatic rings. The average Bonchev–Trinajstić information content (AvgIpc) is 2.54. The van der Waals surface area contributed by atoms with Crippen LogP contribution >= 0.6 is 0 Å². The van der Waals surface area contributed by atoms with Gasteiger partial charge in [0.25, 0.3) is 0 Å². The van der Waals surface area contributed by atoms with Gasteiger partial charge >= 0.3 is 0 Å². The topological polar surface area (TPSA) is 38.0 Å². The van der Waals surface area contributed by atoms with Crippen LogP contribution in [-0.2, 0) is 12.0 Å². The molecule has 0 spiro atoms. The van der Waals surface area contributed by atoms with Crippen molar-refractivity contribution >= 4 is 0 Å². The zero-order chi connectivity index (χ0) is 9.90. The van der Waals surface area contributed by atoms with Gasteiger partial charge in [0, 0.05) is 6.20 Å². The van der Waals surface area contributed by atoms with Crippen LogP contribution < -0.4 is 0 Å². The third-order valence-corrected chi connectivity index (χ3v) is 2.18. The average molecular weight is 182 g/mol. The van der Waals surface area contributed by atoms with Gasteiger partial charge in [0.2, 0.25) is 0 Å². The van der Waals surface area contributed by atoms with Crippen molar-refractivity contribution in [2.24, 2.45) is 0 Å². The van der Waals surface area contributed by atoms with Crippen molar-refractivity contribution in [3.63, 3.8) is 0 Å². The van der Waals surface area contributed by atoms with E-state index in [2.05, 4.69) is 12.0 Å². The molecule has 3 heteroatoms. The maximum absolute atomic E-state index is 9.13. The van der Waals surface area contributed by atoms with Crippen LogP contribution in [-0.4, -0.2) is 21.5 Å². The van der Waals surface area contributed by atoms with Crippen LogP contribution in [0.1, 0.15) is 32.8 Å². The molecule has 0 fully saturated rings. The van der Waals surface area contributed by atoms with Gasteiger partial charge in [0.1, 0.15) is 0 Å². The van der Waals surface area contributed by atoms with Crippen LogP contribution in [0.3, 0.4) is 0 Å². The Morgan fingerprint density at radius 1 is 1.54 bits per heavy atom. The molecule has 13 heavy (non-hydrogen) atoms. The first-order chi connectivity index (χ1) is 6.10. The van der Waals surface area contributed by atoms with E-state index in [1.807, 2.05) is 30.9 Å². The first kappa shape index (κ1) is 10.3. The van der Waals surface area contributed by atoms with E-state index in [0.717, 1.165) is 12.8 Å². The van der Waals surface area contributed by atoms with Crippen LogP contribution in [0.5, 0.6) is 0 Å². The molecule has 74 valence electrons. The molecule has 1 aromatic heterocycles. The van der Waals surface area contributed by atoms with Crippen LogP contribution in [0, 0.1) is 0 Å². The third kappa shape index (κ3) is 2.31. The van der Waals surface area contributed by atoms with Crippen molar-refractivity contribution in [2.75, 3.05) is 6.61 Å². The Kier molecular flexibility index (Phi) is 3.09. The Bertz CT molecular complexity index is 266. The molecule has 0 amide bonds. The van der Waals surface area contributed by atoms with Crippen molar-refractivity contribution in [3.8, 4) is 0 Å². The fraction of sp³-hybridized carbons (Fsp3) is 0.700. The van der Waals surface area contributed by atoms with Crippen LogP contribution in [0.15, 0.2) is 12.4 Å². The summed E-state index contributed by atoms with van der Waals surface area (Å²) >= 11 is 0. The first-order valence-corrected chi connectivity index (χ1v) is 4.75. The quantitative estimate of drug-likeness (QED) is 0.767. The molecule has 0 aliphatic carbocycles. The van der Waals surface area contributed by atoms with E-state index in [-0.39, 0.29) is 12.1 Å². The highest BCUT2D eigenvalue weighted by molar-refractivity contribution is 5.05. The molecule has 1 heterocycles. The van der Waals surface area contributed by atoms with E-state index < -0.39 is 0 Å². The van der Waals surface area contributed by atoms with E-state index in [0.29, 0.717) is 0 Å². The normalized spacial score (nSPS) is 12.0. The van der Waals surface area contributed by atoms with Crippen LogP contribution in [0.25, 0.3) is 0 Å². The maximum atomic E-state index is 9.13. The Balaban J connectivity index is 2.79. The molecule has 0 bridgehead atoms. The van der Waals surface area contributed by atoms with Gasteiger partial charge in [0.15, 0.2) is 0 Å². The zero-order valence-corrected chi connectivity index (χ0v) is 8.62. The van der Waals surface area contributed by atoms with Crippen LogP contribution in [0.4, 0.5) is 0 Å². The highest BCUT2D eigenvalue weighted by Crippen LogP contribution is 2.14. The summed E-state index contributed by atoms with van der Waals surface area (Å²) in [5.74, 6) is 0. The highest BCUT2D eigenvalue weighted by Gasteiger charge is 2.19. The fourth-order valence-corrected chi connectivity index (χ4v) is 1.18. The van der Waals surface area contributed by atoms with Gasteiger partial charge in [-0.2, -0.15) is 5.10 Å². The van der Waals surface area contributed by atoms with Crippen molar-refractivity contribution in [3.05, 3.63) is 18.0 Å². The molecule has 3 nitrogen and oxygen atoms in total. The largest absolute Gasteiger partial charge is 0.394 e. The maximum Gasteiger partial charge on any atom is 0.0801 e. The summed E-state index contributed by atoms with van der Waals surface area (Å²) in [4.78, 5) is 0. The smallest absolute Gasteiger partial charge is 0.0801 e. The number of rotatable bonds is 4. The molecule has 0 radical (unpaired) electrons. The number of aliphatic hydroxyl groups excluding tert-OH is 1. The standard InChI is InChI=1S/C10H18N2O/c1-4-5-9-6-11-12(7-9)10(2,3)8-13/h6-7,13H,4-5,8H2,1-3H3. The number of aliphatic hydroxyl groups is 1. The number of hydrogen-bond donors (Lipinski definition) is 1. The lowest BCUT2D eigenvalue weighted by atomic mass is 10.1. The van der Waals surface area contributed by atoms with Crippen molar-refractivity contribution in [1.82, 2.24) is 9.78 Å². The molecule has 0 aliphatic heterocycles. The van der Waals surface area contributed by atoms with E-state index in [1.54, 1.807) is 0 Å². The molecule has 0 aromatic carbocycles. The fourth-order valence-electron chi connectivity index (χ4n) is 1.18. The van der Waals surface area contributed by atoms with E-state index in [4.69, 9.17) is 5.11 Å². The first-order valence-electron chi connectivity index (χ1n) is 4.75. The van der Waals surface area contributed by atoms with Gasteiger partial charge in [-0.3, -0.25) is 4.68 Å². The minimum Gasteiger partial charge on any atom is -0.394 e. The Hall–Kier alpha value is -0.830. The summed E-state index contributed by atoms with van der Waals surface area (Å²) < 4.78 is 1.83. The third-order valence-electron chi connectivity index (χ3n) is 2.18. The minimum atomic E-state index is -0.286. The van der Waals surface area contributed by atoms with Gasteiger partial charge in [-0.1, -0.05) is 13.3 Å². The van der Waals surface area contributed by atoms with Gasteiger partial charge in [-0.25, -0.2) is 0 Å². The van der Waals surface area contributed by atoms with Crippen molar-refractivity contribution in [2.45, 2.75) is 39.2 Å². The summed E-state index contributed by atoms with van der Waals surface area (Å²) in [7, 11) is 0. The zero-order valence-electron chi connectivity index (χ0n) is 8.62. The van der Waals surface area contributed by atoms with E-state index in [1.165, 1.54) is 5.56 Å². The highest BCUT2D eigenvalue weighted by atomic mass is 16.3. The second-order valence-electron chi connectivity index (χ2n) is 4.01. The SMILES string of the molecule is CCCc1cnn(C(C)(C)CO)c1. The molecule has 0 unspecified atom stereocenters. The molecule has 0 saturated carbocycles. The van der Waals surface area contributed by atoms with Gasteiger partial charge in [0.05, 0.1) is 18.3 Å². The van der Waals surface area contributed by atoms with Gasteiger partial charge in [-0.05, 0) is 25.8 Å². The molecule has 1 rings (SSSR count). The molecule has 0 saturated heterocycles. The minimum absolute atomic E-state index is 0.111. The number of nitrogens with zero attached hydrogens (tertiary/aromatic N) is 2. The lowest BCUT2D eigenvalue weighted by Crippen LogP contribution is -2.30. The molecule has 1 N–H and O–H groups in total. The summed E-state index contributed by atoms with van der Waals surface area (Å²) in [6.45, 7) is 6.19. The Morgan fingerprint density at radius 3 is 2.77 bits per heavy atom. The summed E-state index contributed by atoms with van der Waals surface area (Å²) in [5.41, 5.74) is 0.954. The summed E-state index contributed by atoms with van der Waals surface area (Å²) in [6, 6.07) is 0. The Labute approximate surface area is 79.4 Å². The number of aryl methyl sites for hydroxylation is 1. The number of aromatic nitrogens is 2. The second-order valence-corrected chi connectivity index (χ2v) is 4.01. The molecule has 1 aromatic rings. The summed E-state index contributed by atoms with van der Waals surface area (Å²) in [6.07, 6.45) is 6.08. The summed E-state index contributed by atoms with van der Waals surface area (Å²) in [5, 5.41) is 13.4.